The number of benzene rings is 1. The highest BCUT2D eigenvalue weighted by molar-refractivity contribution is 5.84. The Morgan fingerprint density at radius 3 is 3.04 bits per heavy atom. The number of terminal acetylenes is 1. The zero-order valence-electron chi connectivity index (χ0n) is 15.8. The molecule has 2 bridgehead atoms. The first-order valence-electron chi connectivity index (χ1n) is 9.59. The van der Waals surface area contributed by atoms with Crippen LogP contribution in [-0.2, 0) is 4.74 Å². The average molecular weight is 362 g/mol. The Hall–Kier alpha value is -2.35. The fourth-order valence-corrected chi connectivity index (χ4v) is 4.76. The molecule has 0 N–H and O–H groups in total. The number of nitrogens with zero attached hydrogens (tertiary/aromatic N) is 2. The number of rotatable bonds is 6. The smallest absolute Gasteiger partial charge is 0.119 e. The quantitative estimate of drug-likeness (QED) is 0.578. The second kappa shape index (κ2) is 7.72. The van der Waals surface area contributed by atoms with Crippen molar-refractivity contribution in [3.63, 3.8) is 0 Å². The van der Waals surface area contributed by atoms with Crippen molar-refractivity contribution in [2.75, 3.05) is 26.8 Å². The van der Waals surface area contributed by atoms with E-state index in [9.17, 15) is 0 Å². The molecule has 4 nitrogen and oxygen atoms in total. The molecule has 0 aliphatic carbocycles. The molecule has 3 aliphatic rings. The molecular formula is C23H26N2O2. The van der Waals surface area contributed by atoms with Gasteiger partial charge in [0, 0.05) is 24.2 Å². The van der Waals surface area contributed by atoms with Gasteiger partial charge in [-0.1, -0.05) is 12.0 Å². The zero-order chi connectivity index (χ0) is 18.8. The molecule has 4 heteroatoms. The molecule has 0 radical (unpaired) electrons. The molecule has 0 saturated carbocycles. The van der Waals surface area contributed by atoms with E-state index in [1.165, 1.54) is 6.42 Å². The first-order valence-corrected chi connectivity index (χ1v) is 9.59. The van der Waals surface area contributed by atoms with E-state index in [0.717, 1.165) is 41.7 Å². The molecule has 0 spiro atoms. The van der Waals surface area contributed by atoms with Crippen molar-refractivity contribution in [2.45, 2.75) is 25.0 Å². The maximum Gasteiger partial charge on any atom is 0.119 e. The van der Waals surface area contributed by atoms with Gasteiger partial charge < -0.3 is 9.47 Å². The molecule has 1 aromatic heterocycles. The van der Waals surface area contributed by atoms with Crippen LogP contribution in [0.15, 0.2) is 43.1 Å². The molecule has 0 amide bonds. The highest BCUT2D eigenvalue weighted by Gasteiger charge is 2.43. The molecule has 5 rings (SSSR count). The SMILES string of the molecule is C#CCO[C@@H](c1ccnc2ccc(OC)cc12)C1CC2CCN1CC2C=C. The molecule has 3 fully saturated rings. The van der Waals surface area contributed by atoms with E-state index in [1.54, 1.807) is 7.11 Å². The number of pyridine rings is 1. The average Bonchev–Trinajstić information content (AvgIpc) is 2.74. The summed E-state index contributed by atoms with van der Waals surface area (Å²) in [5.74, 6) is 4.73. The third-order valence-electron chi connectivity index (χ3n) is 6.14. The lowest BCUT2D eigenvalue weighted by Crippen LogP contribution is -2.55. The maximum absolute atomic E-state index is 6.25. The number of fused-ring (bicyclic) bond motifs is 4. The van der Waals surface area contributed by atoms with Crippen molar-refractivity contribution in [1.82, 2.24) is 9.88 Å². The Balaban J connectivity index is 1.74. The summed E-state index contributed by atoms with van der Waals surface area (Å²) in [5, 5.41) is 1.07. The molecule has 2 aromatic rings. The van der Waals surface area contributed by atoms with Crippen LogP contribution in [0.5, 0.6) is 5.75 Å². The van der Waals surface area contributed by atoms with Gasteiger partial charge in [0.1, 0.15) is 12.4 Å². The van der Waals surface area contributed by atoms with Crippen molar-refractivity contribution in [2.24, 2.45) is 11.8 Å². The van der Waals surface area contributed by atoms with E-state index in [4.69, 9.17) is 15.9 Å². The van der Waals surface area contributed by atoms with Crippen LogP contribution in [0.1, 0.15) is 24.5 Å². The first-order chi connectivity index (χ1) is 13.2. The van der Waals surface area contributed by atoms with Gasteiger partial charge in [-0.25, -0.2) is 0 Å². The summed E-state index contributed by atoms with van der Waals surface area (Å²) >= 11 is 0. The van der Waals surface area contributed by atoms with E-state index in [1.807, 2.05) is 24.4 Å². The lowest BCUT2D eigenvalue weighted by Gasteiger charge is -2.51. The Morgan fingerprint density at radius 1 is 1.44 bits per heavy atom. The summed E-state index contributed by atoms with van der Waals surface area (Å²) in [6, 6.07) is 8.38. The molecule has 3 saturated heterocycles. The van der Waals surface area contributed by atoms with Crippen molar-refractivity contribution in [1.29, 1.82) is 0 Å². The van der Waals surface area contributed by atoms with Crippen LogP contribution in [0.2, 0.25) is 0 Å². The van der Waals surface area contributed by atoms with Gasteiger partial charge in [0.15, 0.2) is 0 Å². The summed E-state index contributed by atoms with van der Waals surface area (Å²) in [6.07, 6.45) is 11.8. The lowest BCUT2D eigenvalue weighted by molar-refractivity contribution is -0.0673. The van der Waals surface area contributed by atoms with Crippen LogP contribution in [0.4, 0.5) is 0 Å². The predicted octanol–water partition coefficient (Wildman–Crippen LogP) is 3.83. The lowest BCUT2D eigenvalue weighted by atomic mass is 9.73. The fourth-order valence-electron chi connectivity index (χ4n) is 4.76. The minimum atomic E-state index is -0.0766. The predicted molar refractivity (Wildman–Crippen MR) is 108 cm³/mol. The highest BCUT2D eigenvalue weighted by atomic mass is 16.5. The van der Waals surface area contributed by atoms with Gasteiger partial charge in [0.25, 0.3) is 0 Å². The summed E-state index contributed by atoms with van der Waals surface area (Å²) in [7, 11) is 1.69. The molecule has 4 unspecified atom stereocenters. The number of methoxy groups -OCH3 is 1. The monoisotopic (exact) mass is 362 g/mol. The van der Waals surface area contributed by atoms with Crippen molar-refractivity contribution in [3.05, 3.63) is 48.7 Å². The third-order valence-corrected chi connectivity index (χ3v) is 6.14. The fraction of sp³-hybridized carbons (Fsp3) is 0.435. The topological polar surface area (TPSA) is 34.6 Å². The van der Waals surface area contributed by atoms with Gasteiger partial charge in [0.2, 0.25) is 0 Å². The molecule has 4 heterocycles. The van der Waals surface area contributed by atoms with Crippen LogP contribution in [-0.4, -0.2) is 42.7 Å². The largest absolute Gasteiger partial charge is 0.497 e. The van der Waals surface area contributed by atoms with Crippen LogP contribution >= 0.6 is 0 Å². The maximum atomic E-state index is 6.25. The number of hydrogen-bond acceptors (Lipinski definition) is 4. The number of aromatic nitrogens is 1. The number of piperidine rings is 3. The molecule has 5 atom stereocenters. The minimum Gasteiger partial charge on any atom is -0.497 e. The summed E-state index contributed by atoms with van der Waals surface area (Å²) in [6.45, 7) is 6.51. The first kappa shape index (κ1) is 18.0. The molecular weight excluding hydrogens is 336 g/mol. The second-order valence-corrected chi connectivity index (χ2v) is 7.47. The van der Waals surface area contributed by atoms with Crippen LogP contribution in [0.3, 0.4) is 0 Å². The van der Waals surface area contributed by atoms with Gasteiger partial charge in [-0.3, -0.25) is 9.88 Å². The summed E-state index contributed by atoms with van der Waals surface area (Å²) < 4.78 is 11.7. The van der Waals surface area contributed by atoms with Gasteiger partial charge in [0.05, 0.1) is 18.7 Å². The van der Waals surface area contributed by atoms with Crippen molar-refractivity contribution < 1.29 is 9.47 Å². The number of ether oxygens (including phenoxy) is 2. The highest BCUT2D eigenvalue weighted by Crippen LogP contribution is 2.43. The van der Waals surface area contributed by atoms with Crippen molar-refractivity contribution in [3.8, 4) is 18.1 Å². The minimum absolute atomic E-state index is 0.0766. The zero-order valence-corrected chi connectivity index (χ0v) is 15.8. The van der Waals surface area contributed by atoms with Gasteiger partial charge in [-0.15, -0.1) is 13.0 Å². The van der Waals surface area contributed by atoms with Gasteiger partial charge in [-0.05, 0) is 61.1 Å². The van der Waals surface area contributed by atoms with Crippen LogP contribution in [0.25, 0.3) is 10.9 Å². The van der Waals surface area contributed by atoms with Crippen molar-refractivity contribution >= 4 is 10.9 Å². The third kappa shape index (κ3) is 3.34. The summed E-state index contributed by atoms with van der Waals surface area (Å²) in [4.78, 5) is 7.08. The van der Waals surface area contributed by atoms with Gasteiger partial charge in [-0.2, -0.15) is 0 Å². The Kier molecular flexibility index (Phi) is 5.15. The molecule has 27 heavy (non-hydrogen) atoms. The van der Waals surface area contributed by atoms with Crippen LogP contribution < -0.4 is 4.74 Å². The van der Waals surface area contributed by atoms with E-state index in [-0.39, 0.29) is 6.10 Å². The van der Waals surface area contributed by atoms with E-state index in [2.05, 4.69) is 34.5 Å². The molecule has 3 aliphatic heterocycles. The Bertz CT molecular complexity index is 872. The molecule has 140 valence electrons. The molecule has 1 aromatic carbocycles. The number of hydrogen-bond donors (Lipinski definition) is 0. The Morgan fingerprint density at radius 2 is 2.33 bits per heavy atom. The second-order valence-electron chi connectivity index (χ2n) is 7.47. The van der Waals surface area contributed by atoms with E-state index in [0.29, 0.717) is 24.5 Å². The van der Waals surface area contributed by atoms with Gasteiger partial charge >= 0.3 is 0 Å². The normalized spacial score (nSPS) is 27.9. The van der Waals surface area contributed by atoms with E-state index >= 15 is 0 Å². The Labute approximate surface area is 161 Å². The van der Waals surface area contributed by atoms with E-state index < -0.39 is 0 Å². The summed E-state index contributed by atoms with van der Waals surface area (Å²) in [5.41, 5.74) is 2.09. The van der Waals surface area contributed by atoms with Crippen LogP contribution in [0, 0.1) is 24.2 Å². The standard InChI is InChI=1S/C23H26N2O2/c1-4-12-27-23(22-13-17-9-11-25(22)15-16(17)5-2)19-8-10-24-21-7-6-18(26-3)14-20(19)21/h1,5-8,10,14,16-17,22-23H,2,9,11-13,15H2,3H3/t16?,17?,22?,23-/m0/s1.